The van der Waals surface area contributed by atoms with Crippen molar-refractivity contribution in [2.24, 2.45) is 11.5 Å². The summed E-state index contributed by atoms with van der Waals surface area (Å²) in [4.78, 5) is 0. The first-order valence-electron chi connectivity index (χ1n) is 11.1. The highest BCUT2D eigenvalue weighted by molar-refractivity contribution is 5.48. The average Bonchev–Trinajstić information content (AvgIpc) is 2.61. The third kappa shape index (κ3) is 4.17. The maximum Gasteiger partial charge on any atom is 0.00392 e. The van der Waals surface area contributed by atoms with Crippen molar-refractivity contribution in [1.29, 1.82) is 0 Å². The van der Waals surface area contributed by atoms with E-state index in [0.29, 0.717) is 35.8 Å². The molecule has 1 aromatic rings. The molecule has 0 aromatic heterocycles. The maximum atomic E-state index is 6.23. The van der Waals surface area contributed by atoms with Crippen LogP contribution < -0.4 is 11.5 Å². The van der Waals surface area contributed by atoms with E-state index in [2.05, 4.69) is 39.8 Å². The second kappa shape index (κ2) is 8.44. The van der Waals surface area contributed by atoms with Crippen LogP contribution in [0.3, 0.4) is 0 Å². The Labute approximate surface area is 161 Å². The van der Waals surface area contributed by atoms with Crippen LogP contribution in [0.1, 0.15) is 125 Å². The summed E-state index contributed by atoms with van der Waals surface area (Å²) >= 11 is 0. The van der Waals surface area contributed by atoms with Gasteiger partial charge >= 0.3 is 0 Å². The lowest BCUT2D eigenvalue weighted by molar-refractivity contribution is 0.374. The van der Waals surface area contributed by atoms with E-state index in [4.69, 9.17) is 11.5 Å². The van der Waals surface area contributed by atoms with Gasteiger partial charge in [0.1, 0.15) is 0 Å². The van der Waals surface area contributed by atoms with E-state index in [-0.39, 0.29) is 0 Å². The van der Waals surface area contributed by atoms with Gasteiger partial charge in [-0.2, -0.15) is 0 Å². The smallest absolute Gasteiger partial charge is 0.00392 e. The molecule has 2 nitrogen and oxygen atoms in total. The van der Waals surface area contributed by atoms with Gasteiger partial charge in [-0.05, 0) is 97.3 Å². The maximum absolute atomic E-state index is 6.23. The fraction of sp³-hybridized carbons (Fsp3) is 0.750. The van der Waals surface area contributed by atoms with Gasteiger partial charge in [-0.25, -0.2) is 0 Å². The van der Waals surface area contributed by atoms with Crippen LogP contribution in [0.5, 0.6) is 0 Å². The Morgan fingerprint density at radius 3 is 1.65 bits per heavy atom. The van der Waals surface area contributed by atoms with Gasteiger partial charge in [0, 0.05) is 12.1 Å². The molecule has 0 amide bonds. The van der Waals surface area contributed by atoms with Crippen LogP contribution in [0.4, 0.5) is 0 Å². The van der Waals surface area contributed by atoms with Crippen LogP contribution >= 0.6 is 0 Å². The zero-order chi connectivity index (χ0) is 18.8. The van der Waals surface area contributed by atoms with E-state index in [1.807, 2.05) is 0 Å². The van der Waals surface area contributed by atoms with Gasteiger partial charge in [0.25, 0.3) is 0 Å². The summed E-state index contributed by atoms with van der Waals surface area (Å²) in [5.74, 6) is 2.59. The van der Waals surface area contributed by atoms with Crippen molar-refractivity contribution >= 4 is 0 Å². The lowest BCUT2D eigenvalue weighted by Gasteiger charge is -2.36. The minimum absolute atomic E-state index is 0.415. The van der Waals surface area contributed by atoms with Gasteiger partial charge in [-0.15, -0.1) is 0 Å². The monoisotopic (exact) mass is 356 g/mol. The standard InChI is InChI=1S/C24H40N2/c1-15(2)21-13-14-22(17-5-9-19(25)10-6-17)24(23(21)16(3)4)18-7-11-20(26)12-8-18/h13-20H,5-12,25-26H2,1-4H3. The highest BCUT2D eigenvalue weighted by Crippen LogP contribution is 2.45. The molecule has 0 aliphatic heterocycles. The molecule has 1 aromatic carbocycles. The molecule has 2 aliphatic rings. The minimum Gasteiger partial charge on any atom is -0.328 e. The predicted molar refractivity (Wildman–Crippen MR) is 113 cm³/mol. The molecule has 0 heterocycles. The molecule has 26 heavy (non-hydrogen) atoms. The number of hydrogen-bond donors (Lipinski definition) is 2. The fourth-order valence-electron chi connectivity index (χ4n) is 5.47. The van der Waals surface area contributed by atoms with E-state index in [0.717, 1.165) is 0 Å². The van der Waals surface area contributed by atoms with Crippen LogP contribution in [0.2, 0.25) is 0 Å². The number of hydrogen-bond acceptors (Lipinski definition) is 2. The Bertz CT molecular complexity index is 588. The summed E-state index contributed by atoms with van der Waals surface area (Å²) in [6.45, 7) is 9.47. The van der Waals surface area contributed by atoms with Crippen LogP contribution in [0.15, 0.2) is 12.1 Å². The van der Waals surface area contributed by atoms with Gasteiger partial charge in [-0.3, -0.25) is 0 Å². The summed E-state index contributed by atoms with van der Waals surface area (Å²) in [6.07, 6.45) is 9.79. The zero-order valence-corrected chi connectivity index (χ0v) is 17.4. The summed E-state index contributed by atoms with van der Waals surface area (Å²) < 4.78 is 0. The highest BCUT2D eigenvalue weighted by atomic mass is 14.6. The van der Waals surface area contributed by atoms with Crippen LogP contribution in [0, 0.1) is 0 Å². The third-order valence-electron chi connectivity index (χ3n) is 6.95. The van der Waals surface area contributed by atoms with Gasteiger partial charge in [-0.1, -0.05) is 39.8 Å². The molecule has 0 radical (unpaired) electrons. The largest absolute Gasteiger partial charge is 0.328 e. The van der Waals surface area contributed by atoms with Gasteiger partial charge < -0.3 is 11.5 Å². The minimum atomic E-state index is 0.415. The molecule has 0 atom stereocenters. The van der Waals surface area contributed by atoms with E-state index in [1.54, 1.807) is 22.3 Å². The number of rotatable bonds is 4. The number of nitrogens with two attached hydrogens (primary N) is 2. The molecule has 2 heteroatoms. The molecule has 146 valence electrons. The van der Waals surface area contributed by atoms with Crippen LogP contribution in [-0.2, 0) is 0 Å². The summed E-state index contributed by atoms with van der Waals surface area (Å²) in [5.41, 5.74) is 19.0. The first-order valence-corrected chi connectivity index (χ1v) is 11.1. The highest BCUT2D eigenvalue weighted by Gasteiger charge is 2.31. The van der Waals surface area contributed by atoms with Crippen molar-refractivity contribution in [2.45, 2.75) is 115 Å². The van der Waals surface area contributed by atoms with Crippen molar-refractivity contribution in [3.8, 4) is 0 Å². The second-order valence-electron chi connectivity index (χ2n) is 9.60. The molecule has 4 N–H and O–H groups in total. The van der Waals surface area contributed by atoms with Gasteiger partial charge in [0.15, 0.2) is 0 Å². The molecule has 3 rings (SSSR count). The van der Waals surface area contributed by atoms with Crippen molar-refractivity contribution in [1.82, 2.24) is 0 Å². The van der Waals surface area contributed by atoms with Crippen LogP contribution in [-0.4, -0.2) is 12.1 Å². The van der Waals surface area contributed by atoms with Crippen molar-refractivity contribution < 1.29 is 0 Å². The van der Waals surface area contributed by atoms with E-state index in [9.17, 15) is 0 Å². The predicted octanol–water partition coefficient (Wildman–Crippen LogP) is 5.90. The first kappa shape index (κ1) is 19.9. The molecular formula is C24H40N2. The topological polar surface area (TPSA) is 52.0 Å². The fourth-order valence-corrected chi connectivity index (χ4v) is 5.47. The van der Waals surface area contributed by atoms with Crippen LogP contribution in [0.25, 0.3) is 0 Å². The summed E-state index contributed by atoms with van der Waals surface area (Å²) in [7, 11) is 0. The van der Waals surface area contributed by atoms with E-state index < -0.39 is 0 Å². The molecular weight excluding hydrogens is 316 g/mol. The van der Waals surface area contributed by atoms with Gasteiger partial charge in [0.2, 0.25) is 0 Å². The first-order chi connectivity index (χ1) is 12.4. The summed E-state index contributed by atoms with van der Waals surface area (Å²) in [5, 5.41) is 0. The van der Waals surface area contributed by atoms with Crippen molar-refractivity contribution in [3.05, 3.63) is 34.4 Å². The lowest BCUT2D eigenvalue weighted by Crippen LogP contribution is -2.28. The summed E-state index contributed by atoms with van der Waals surface area (Å²) in [6, 6.07) is 5.77. The molecule has 2 saturated carbocycles. The Hall–Kier alpha value is -0.860. The molecule has 0 saturated heterocycles. The van der Waals surface area contributed by atoms with E-state index in [1.165, 1.54) is 51.4 Å². The quantitative estimate of drug-likeness (QED) is 0.705. The van der Waals surface area contributed by atoms with Crippen molar-refractivity contribution in [3.63, 3.8) is 0 Å². The average molecular weight is 357 g/mol. The second-order valence-corrected chi connectivity index (χ2v) is 9.60. The normalized spacial score (nSPS) is 30.2. The Balaban J connectivity index is 2.06. The molecule has 0 spiro atoms. The number of benzene rings is 1. The van der Waals surface area contributed by atoms with Gasteiger partial charge in [0.05, 0.1) is 0 Å². The SMILES string of the molecule is CC(C)c1ccc(C2CCC(N)CC2)c(C2CCC(N)CC2)c1C(C)C. The lowest BCUT2D eigenvalue weighted by atomic mass is 9.70. The zero-order valence-electron chi connectivity index (χ0n) is 17.4. The molecule has 0 unspecified atom stereocenters. The molecule has 2 fully saturated rings. The molecule has 0 bridgehead atoms. The van der Waals surface area contributed by atoms with Crippen molar-refractivity contribution in [2.75, 3.05) is 0 Å². The van der Waals surface area contributed by atoms with E-state index >= 15 is 0 Å². The third-order valence-corrected chi connectivity index (χ3v) is 6.95. The molecule has 2 aliphatic carbocycles. The Morgan fingerprint density at radius 2 is 1.19 bits per heavy atom. The Morgan fingerprint density at radius 1 is 0.692 bits per heavy atom. The Kier molecular flexibility index (Phi) is 6.45.